The summed E-state index contributed by atoms with van der Waals surface area (Å²) in [4.78, 5) is 2.29. The van der Waals surface area contributed by atoms with Gasteiger partial charge in [0.25, 0.3) is 0 Å². The molecule has 2 aromatic carbocycles. The smallest absolute Gasteiger partial charge is 0.216 e. The molecular formula is C21H25N5O2S. The summed E-state index contributed by atoms with van der Waals surface area (Å²) in [6, 6.07) is 13.8. The van der Waals surface area contributed by atoms with E-state index in [1.54, 1.807) is 25.1 Å². The molecule has 152 valence electrons. The average Bonchev–Trinajstić information content (AvgIpc) is 3.13. The molecule has 0 amide bonds. The van der Waals surface area contributed by atoms with Crippen LogP contribution in [0.5, 0.6) is 11.5 Å². The van der Waals surface area contributed by atoms with Crippen LogP contribution in [0.25, 0.3) is 11.4 Å². The summed E-state index contributed by atoms with van der Waals surface area (Å²) in [5.41, 5.74) is 2.98. The lowest BCUT2D eigenvalue weighted by molar-refractivity contribution is 0.355. The number of nitrogens with zero attached hydrogens (tertiary/aromatic N) is 4. The highest BCUT2D eigenvalue weighted by Gasteiger charge is 2.12. The van der Waals surface area contributed by atoms with Crippen LogP contribution in [0, 0.1) is 4.77 Å². The van der Waals surface area contributed by atoms with E-state index in [1.165, 1.54) is 5.69 Å². The molecule has 0 fully saturated rings. The topological polar surface area (TPSA) is 67.7 Å². The Hall–Kier alpha value is -3.13. The molecule has 0 unspecified atom stereocenters. The number of aromatic amines is 1. The Morgan fingerprint density at radius 2 is 1.76 bits per heavy atom. The number of hydrogen-bond donors (Lipinski definition) is 1. The second kappa shape index (κ2) is 9.38. The largest absolute Gasteiger partial charge is 0.493 e. The summed E-state index contributed by atoms with van der Waals surface area (Å²) >= 11 is 5.35. The first kappa shape index (κ1) is 20.6. The molecule has 0 atom stereocenters. The molecule has 0 aliphatic heterocycles. The maximum atomic E-state index is 5.38. The van der Waals surface area contributed by atoms with Crippen LogP contribution in [0.4, 0.5) is 5.69 Å². The second-order valence-electron chi connectivity index (χ2n) is 6.24. The van der Waals surface area contributed by atoms with Gasteiger partial charge in [-0.1, -0.05) is 12.1 Å². The van der Waals surface area contributed by atoms with Crippen LogP contribution in [0.15, 0.2) is 47.6 Å². The standard InChI is InChI=1S/C21H25N5O2S/c1-5-25(6-2)17-10-7-15(8-11-17)14-22-26-20(23-24-21(26)29)16-9-12-18(27-3)19(13-16)28-4/h7-14H,5-6H2,1-4H3,(H,24,29). The zero-order valence-electron chi connectivity index (χ0n) is 17.0. The van der Waals surface area contributed by atoms with Crippen molar-refractivity contribution in [3.05, 3.63) is 52.8 Å². The van der Waals surface area contributed by atoms with Crippen molar-refractivity contribution in [1.29, 1.82) is 0 Å². The van der Waals surface area contributed by atoms with Crippen LogP contribution in [0.2, 0.25) is 0 Å². The molecule has 1 N–H and O–H groups in total. The normalized spacial score (nSPS) is 11.0. The number of ether oxygens (including phenoxy) is 2. The van der Waals surface area contributed by atoms with Gasteiger partial charge in [-0.3, -0.25) is 0 Å². The third kappa shape index (κ3) is 4.48. The maximum absolute atomic E-state index is 5.38. The highest BCUT2D eigenvalue weighted by Crippen LogP contribution is 2.31. The predicted molar refractivity (Wildman–Crippen MR) is 119 cm³/mol. The van der Waals surface area contributed by atoms with E-state index in [0.29, 0.717) is 22.1 Å². The first-order valence-corrected chi connectivity index (χ1v) is 9.81. The number of rotatable bonds is 8. The second-order valence-corrected chi connectivity index (χ2v) is 6.63. The van der Waals surface area contributed by atoms with Crippen LogP contribution in [-0.4, -0.2) is 48.4 Å². The summed E-state index contributed by atoms with van der Waals surface area (Å²) in [5, 5.41) is 11.7. The monoisotopic (exact) mass is 411 g/mol. The maximum Gasteiger partial charge on any atom is 0.216 e. The quantitative estimate of drug-likeness (QED) is 0.441. The molecule has 8 heteroatoms. The van der Waals surface area contributed by atoms with Gasteiger partial charge in [-0.15, -0.1) is 0 Å². The van der Waals surface area contributed by atoms with Gasteiger partial charge in [0.05, 0.1) is 20.4 Å². The zero-order valence-corrected chi connectivity index (χ0v) is 17.9. The van der Waals surface area contributed by atoms with Crippen LogP contribution in [0.3, 0.4) is 0 Å². The molecule has 0 saturated heterocycles. The minimum absolute atomic E-state index is 0.408. The predicted octanol–water partition coefficient (Wildman–Crippen LogP) is 4.35. The van der Waals surface area contributed by atoms with Gasteiger partial charge in [0, 0.05) is 24.3 Å². The Morgan fingerprint density at radius 3 is 2.38 bits per heavy atom. The van der Waals surface area contributed by atoms with E-state index < -0.39 is 0 Å². The number of aromatic nitrogens is 3. The number of nitrogens with one attached hydrogen (secondary N) is 1. The van der Waals surface area contributed by atoms with Gasteiger partial charge in [0.2, 0.25) is 4.77 Å². The van der Waals surface area contributed by atoms with Crippen molar-refractivity contribution in [1.82, 2.24) is 14.9 Å². The van der Waals surface area contributed by atoms with E-state index >= 15 is 0 Å². The molecule has 0 spiro atoms. The Morgan fingerprint density at radius 1 is 1.07 bits per heavy atom. The van der Waals surface area contributed by atoms with Crippen LogP contribution in [0.1, 0.15) is 19.4 Å². The first-order valence-electron chi connectivity index (χ1n) is 9.40. The fourth-order valence-electron chi connectivity index (χ4n) is 3.05. The van der Waals surface area contributed by atoms with E-state index in [2.05, 4.69) is 46.2 Å². The van der Waals surface area contributed by atoms with E-state index in [4.69, 9.17) is 21.7 Å². The molecule has 0 aliphatic rings. The molecule has 0 radical (unpaired) electrons. The highest BCUT2D eigenvalue weighted by atomic mass is 32.1. The van der Waals surface area contributed by atoms with Gasteiger partial charge in [-0.2, -0.15) is 14.9 Å². The van der Waals surface area contributed by atoms with E-state index in [9.17, 15) is 0 Å². The lowest BCUT2D eigenvalue weighted by atomic mass is 10.2. The summed E-state index contributed by atoms with van der Waals surface area (Å²) in [5.74, 6) is 1.85. The lowest BCUT2D eigenvalue weighted by Crippen LogP contribution is -2.21. The van der Waals surface area contributed by atoms with E-state index in [-0.39, 0.29) is 0 Å². The van der Waals surface area contributed by atoms with Crippen LogP contribution < -0.4 is 14.4 Å². The van der Waals surface area contributed by atoms with Crippen molar-refractivity contribution in [2.24, 2.45) is 5.10 Å². The van der Waals surface area contributed by atoms with E-state index in [1.807, 2.05) is 30.3 Å². The third-order valence-corrected chi connectivity index (χ3v) is 4.90. The molecule has 1 heterocycles. The molecule has 3 rings (SSSR count). The van der Waals surface area contributed by atoms with Crippen molar-refractivity contribution in [3.63, 3.8) is 0 Å². The van der Waals surface area contributed by atoms with Gasteiger partial charge >= 0.3 is 0 Å². The van der Waals surface area contributed by atoms with Crippen LogP contribution >= 0.6 is 12.2 Å². The molecule has 0 bridgehead atoms. The molecular weight excluding hydrogens is 386 g/mol. The Bertz CT molecular complexity index is 1040. The summed E-state index contributed by atoms with van der Waals surface area (Å²) in [6.07, 6.45) is 1.77. The SMILES string of the molecule is CCN(CC)c1ccc(C=Nn2c(-c3ccc(OC)c(OC)c3)n[nH]c2=S)cc1. The summed E-state index contributed by atoms with van der Waals surface area (Å²) in [7, 11) is 3.20. The average molecular weight is 412 g/mol. The van der Waals surface area contributed by atoms with Crippen molar-refractivity contribution >= 4 is 24.1 Å². The summed E-state index contributed by atoms with van der Waals surface area (Å²) in [6.45, 7) is 6.25. The minimum Gasteiger partial charge on any atom is -0.493 e. The van der Waals surface area contributed by atoms with Gasteiger partial charge in [0.15, 0.2) is 17.3 Å². The molecule has 7 nitrogen and oxygen atoms in total. The lowest BCUT2D eigenvalue weighted by Gasteiger charge is -2.20. The fourth-order valence-corrected chi connectivity index (χ4v) is 3.22. The van der Waals surface area contributed by atoms with Gasteiger partial charge in [-0.05, 0) is 62.0 Å². The van der Waals surface area contributed by atoms with Gasteiger partial charge in [-0.25, -0.2) is 5.10 Å². The number of anilines is 1. The Labute approximate surface area is 175 Å². The number of hydrogen-bond acceptors (Lipinski definition) is 6. The Kier molecular flexibility index (Phi) is 6.66. The van der Waals surface area contributed by atoms with Crippen molar-refractivity contribution in [2.45, 2.75) is 13.8 Å². The first-order chi connectivity index (χ1) is 14.1. The Balaban J connectivity index is 1.90. The van der Waals surface area contributed by atoms with Crippen molar-refractivity contribution in [2.75, 3.05) is 32.2 Å². The van der Waals surface area contributed by atoms with Gasteiger partial charge in [0.1, 0.15) is 0 Å². The number of methoxy groups -OCH3 is 2. The van der Waals surface area contributed by atoms with Crippen molar-refractivity contribution < 1.29 is 9.47 Å². The number of H-pyrrole nitrogens is 1. The highest BCUT2D eigenvalue weighted by molar-refractivity contribution is 7.71. The molecule has 3 aromatic rings. The molecule has 0 saturated carbocycles. The molecule has 29 heavy (non-hydrogen) atoms. The zero-order chi connectivity index (χ0) is 20.8. The van der Waals surface area contributed by atoms with Crippen LogP contribution in [-0.2, 0) is 0 Å². The fraction of sp³-hybridized carbons (Fsp3) is 0.286. The summed E-state index contributed by atoms with van der Waals surface area (Å²) < 4.78 is 12.7. The molecule has 0 aliphatic carbocycles. The number of benzene rings is 2. The molecule has 1 aromatic heterocycles. The minimum atomic E-state index is 0.408. The van der Waals surface area contributed by atoms with Crippen molar-refractivity contribution in [3.8, 4) is 22.9 Å². The third-order valence-electron chi connectivity index (χ3n) is 4.64. The van der Waals surface area contributed by atoms with Gasteiger partial charge < -0.3 is 14.4 Å². The van der Waals surface area contributed by atoms with E-state index in [0.717, 1.165) is 24.2 Å².